The molecule has 4 aromatic rings. The Morgan fingerprint density at radius 2 is 1.77 bits per heavy atom. The molecule has 0 aliphatic rings. The highest BCUT2D eigenvalue weighted by Gasteiger charge is 2.03. The van der Waals surface area contributed by atoms with Crippen LogP contribution in [-0.2, 0) is 0 Å². The molecule has 0 spiro atoms. The van der Waals surface area contributed by atoms with Crippen LogP contribution >= 0.6 is 11.3 Å². The fourth-order valence-corrected chi connectivity index (χ4v) is 3.58. The van der Waals surface area contributed by atoms with Crippen molar-refractivity contribution in [1.29, 1.82) is 0 Å². The molecule has 0 radical (unpaired) electrons. The number of carbonyl (C=O) groups excluding carboxylic acids is 1. The molecule has 4 rings (SSSR count). The molecule has 0 saturated carbocycles. The topological polar surface area (TPSA) is 62.8 Å². The van der Waals surface area contributed by atoms with Crippen molar-refractivity contribution in [2.75, 3.05) is 0 Å². The van der Waals surface area contributed by atoms with E-state index < -0.39 is 0 Å². The Hall–Kier alpha value is -3.31. The second-order valence-electron chi connectivity index (χ2n) is 5.78. The third-order valence-electron chi connectivity index (χ3n) is 3.98. The molecule has 0 atom stereocenters. The van der Waals surface area contributed by atoms with Crippen molar-refractivity contribution in [3.05, 3.63) is 97.7 Å². The molecular weight excluding hydrogens is 344 g/mol. The van der Waals surface area contributed by atoms with Crippen molar-refractivity contribution in [3.63, 3.8) is 0 Å². The first-order valence-electron chi connectivity index (χ1n) is 8.05. The molecule has 2 heterocycles. The van der Waals surface area contributed by atoms with Crippen LogP contribution in [0.15, 0.2) is 71.8 Å². The maximum Gasteiger partial charge on any atom is 0.266 e. The van der Waals surface area contributed by atoms with Gasteiger partial charge in [-0.15, -0.1) is 11.3 Å². The van der Waals surface area contributed by atoms with Crippen LogP contribution in [0.5, 0.6) is 0 Å². The van der Waals surface area contributed by atoms with Gasteiger partial charge >= 0.3 is 0 Å². The van der Waals surface area contributed by atoms with Gasteiger partial charge in [0.1, 0.15) is 0 Å². The Balaban J connectivity index is 1.74. The molecule has 1 N–H and O–H groups in total. The summed E-state index contributed by atoms with van der Waals surface area (Å²) >= 11 is 1.27. The first-order chi connectivity index (χ1) is 12.7. The molecular formula is C21H14N2O2S. The molecule has 0 aliphatic heterocycles. The van der Waals surface area contributed by atoms with Gasteiger partial charge in [-0.05, 0) is 40.6 Å². The smallest absolute Gasteiger partial charge is 0.266 e. The molecule has 2 aromatic carbocycles. The van der Waals surface area contributed by atoms with Gasteiger partial charge in [0, 0.05) is 24.0 Å². The fourth-order valence-electron chi connectivity index (χ4n) is 2.69. The van der Waals surface area contributed by atoms with Gasteiger partial charge in [-0.25, -0.2) is 0 Å². The SMILES string of the molecule is O=C(/C=c1\[nH]c(=O)/c(=C\c2ccc3ccccc3c2)s1)c1ccncc1. The molecule has 2 aromatic heterocycles. The van der Waals surface area contributed by atoms with Crippen LogP contribution in [0.25, 0.3) is 22.9 Å². The summed E-state index contributed by atoms with van der Waals surface area (Å²) in [5, 5.41) is 2.27. The lowest BCUT2D eigenvalue weighted by Crippen LogP contribution is -2.20. The quantitative estimate of drug-likeness (QED) is 0.572. The van der Waals surface area contributed by atoms with E-state index in [1.54, 1.807) is 24.5 Å². The van der Waals surface area contributed by atoms with Crippen molar-refractivity contribution in [2.24, 2.45) is 0 Å². The minimum Gasteiger partial charge on any atom is -0.313 e. The molecule has 5 heteroatoms. The number of Topliss-reactive ketones (excluding diaryl/α,β-unsaturated/α-hetero) is 1. The van der Waals surface area contributed by atoms with Crippen LogP contribution < -0.4 is 14.8 Å². The van der Waals surface area contributed by atoms with Crippen molar-refractivity contribution in [2.45, 2.75) is 0 Å². The number of ketones is 1. The van der Waals surface area contributed by atoms with E-state index in [9.17, 15) is 9.59 Å². The number of hydrogen-bond acceptors (Lipinski definition) is 4. The minimum atomic E-state index is -0.197. The number of rotatable bonds is 3. The normalized spacial score (nSPS) is 12.6. The van der Waals surface area contributed by atoms with E-state index in [-0.39, 0.29) is 11.3 Å². The highest BCUT2D eigenvalue weighted by atomic mass is 32.1. The number of H-pyrrole nitrogens is 1. The maximum atomic E-state index is 12.2. The third-order valence-corrected chi connectivity index (χ3v) is 4.94. The molecule has 4 nitrogen and oxygen atoms in total. The number of thiazole rings is 1. The molecule has 0 saturated heterocycles. The van der Waals surface area contributed by atoms with E-state index in [2.05, 4.69) is 16.0 Å². The van der Waals surface area contributed by atoms with E-state index in [4.69, 9.17) is 0 Å². The summed E-state index contributed by atoms with van der Waals surface area (Å²) in [7, 11) is 0. The summed E-state index contributed by atoms with van der Waals surface area (Å²) in [5.74, 6) is -0.165. The van der Waals surface area contributed by atoms with E-state index in [0.29, 0.717) is 14.8 Å². The molecule has 0 aliphatic carbocycles. The zero-order valence-corrected chi connectivity index (χ0v) is 14.5. The second-order valence-corrected chi connectivity index (χ2v) is 6.86. The minimum absolute atomic E-state index is 0.165. The average Bonchev–Trinajstić information content (AvgIpc) is 3.01. The van der Waals surface area contributed by atoms with Crippen molar-refractivity contribution < 1.29 is 4.79 Å². The number of nitrogens with zero attached hydrogens (tertiary/aromatic N) is 1. The maximum absolute atomic E-state index is 12.2. The summed E-state index contributed by atoms with van der Waals surface area (Å²) in [6.45, 7) is 0. The Kier molecular flexibility index (Phi) is 4.29. The van der Waals surface area contributed by atoms with Crippen LogP contribution in [0, 0.1) is 0 Å². The molecule has 0 unspecified atom stereocenters. The van der Waals surface area contributed by atoms with Crippen molar-refractivity contribution in [1.82, 2.24) is 9.97 Å². The number of fused-ring (bicyclic) bond motifs is 1. The number of pyridine rings is 1. The van der Waals surface area contributed by atoms with Gasteiger partial charge in [0.05, 0.1) is 9.20 Å². The second kappa shape index (κ2) is 6.90. The highest BCUT2D eigenvalue weighted by molar-refractivity contribution is 7.07. The van der Waals surface area contributed by atoms with Gasteiger partial charge in [0.15, 0.2) is 5.78 Å². The van der Waals surface area contributed by atoms with Gasteiger partial charge in [-0.2, -0.15) is 0 Å². The van der Waals surface area contributed by atoms with E-state index in [1.807, 2.05) is 42.5 Å². The number of nitrogens with one attached hydrogen (secondary N) is 1. The standard InChI is InChI=1S/C21H14N2O2S/c24-18(16-7-9-22-10-8-16)13-20-23-21(25)19(26-20)12-14-5-6-15-3-1-2-4-17(15)11-14/h1-13H,(H,23,25)/b19-12+,20-13+. The summed E-state index contributed by atoms with van der Waals surface area (Å²) in [5.41, 5.74) is 1.29. The zero-order valence-electron chi connectivity index (χ0n) is 13.7. The van der Waals surface area contributed by atoms with Gasteiger partial charge in [-0.3, -0.25) is 14.6 Å². The lowest BCUT2D eigenvalue weighted by Gasteiger charge is -1.98. The Labute approximate surface area is 152 Å². The first-order valence-corrected chi connectivity index (χ1v) is 8.86. The van der Waals surface area contributed by atoms with Crippen LogP contribution in [0.4, 0.5) is 0 Å². The third kappa shape index (κ3) is 3.38. The molecule has 0 fully saturated rings. The fraction of sp³-hybridized carbons (Fsp3) is 0. The molecule has 126 valence electrons. The number of hydrogen-bond donors (Lipinski definition) is 1. The monoisotopic (exact) mass is 358 g/mol. The number of aromatic nitrogens is 2. The largest absolute Gasteiger partial charge is 0.313 e. The van der Waals surface area contributed by atoms with Crippen molar-refractivity contribution >= 4 is 40.0 Å². The van der Waals surface area contributed by atoms with Crippen LogP contribution in [0.3, 0.4) is 0 Å². The molecule has 26 heavy (non-hydrogen) atoms. The summed E-state index contributed by atoms with van der Waals surface area (Å²) in [6.07, 6.45) is 6.41. The van der Waals surface area contributed by atoms with E-state index in [0.717, 1.165) is 16.3 Å². The predicted molar refractivity (Wildman–Crippen MR) is 105 cm³/mol. The predicted octanol–water partition coefficient (Wildman–Crippen LogP) is 2.48. The van der Waals surface area contributed by atoms with Gasteiger partial charge < -0.3 is 4.98 Å². The zero-order chi connectivity index (χ0) is 17.9. The lowest BCUT2D eigenvalue weighted by atomic mass is 10.1. The van der Waals surface area contributed by atoms with Gasteiger partial charge in [0.2, 0.25) is 0 Å². The van der Waals surface area contributed by atoms with Crippen LogP contribution in [-0.4, -0.2) is 15.8 Å². The van der Waals surface area contributed by atoms with Gasteiger partial charge in [-0.1, -0.05) is 36.4 Å². The molecule has 0 bridgehead atoms. The Morgan fingerprint density at radius 3 is 2.58 bits per heavy atom. The van der Waals surface area contributed by atoms with E-state index in [1.165, 1.54) is 17.4 Å². The molecule has 0 amide bonds. The highest BCUT2D eigenvalue weighted by Crippen LogP contribution is 2.15. The van der Waals surface area contributed by atoms with Gasteiger partial charge in [0.25, 0.3) is 5.56 Å². The number of benzene rings is 2. The lowest BCUT2D eigenvalue weighted by molar-refractivity contribution is 0.106. The summed E-state index contributed by atoms with van der Waals surface area (Å²) < 4.78 is 1.10. The van der Waals surface area contributed by atoms with Crippen LogP contribution in [0.1, 0.15) is 15.9 Å². The van der Waals surface area contributed by atoms with Crippen molar-refractivity contribution in [3.8, 4) is 0 Å². The summed E-state index contributed by atoms with van der Waals surface area (Å²) in [4.78, 5) is 31.1. The van der Waals surface area contributed by atoms with Crippen LogP contribution in [0.2, 0.25) is 0 Å². The Bertz CT molecular complexity index is 1270. The number of carbonyl (C=O) groups is 1. The average molecular weight is 358 g/mol. The Morgan fingerprint density at radius 1 is 1.00 bits per heavy atom. The number of aromatic amines is 1. The first kappa shape index (κ1) is 16.2. The van der Waals surface area contributed by atoms with E-state index >= 15 is 0 Å². The summed E-state index contributed by atoms with van der Waals surface area (Å²) in [6, 6.07) is 17.4.